The first-order valence-electron chi connectivity index (χ1n) is 8.63. The van der Waals surface area contributed by atoms with Crippen LogP contribution in [-0.4, -0.2) is 34.3 Å². The highest BCUT2D eigenvalue weighted by Gasteiger charge is 2.51. The summed E-state index contributed by atoms with van der Waals surface area (Å²) < 4.78 is 0. The van der Waals surface area contributed by atoms with Gasteiger partial charge in [-0.3, -0.25) is 20.1 Å². The first kappa shape index (κ1) is 22.4. The van der Waals surface area contributed by atoms with Gasteiger partial charge >= 0.3 is 0 Å². The Kier molecular flexibility index (Phi) is 6.87. The van der Waals surface area contributed by atoms with Crippen molar-refractivity contribution in [2.75, 3.05) is 6.61 Å². The van der Waals surface area contributed by atoms with E-state index in [2.05, 4.69) is 9.78 Å². The van der Waals surface area contributed by atoms with Gasteiger partial charge in [0.1, 0.15) is 5.60 Å². The van der Waals surface area contributed by atoms with Crippen molar-refractivity contribution in [2.45, 2.75) is 54.1 Å². The van der Waals surface area contributed by atoms with Gasteiger partial charge in [-0.2, -0.15) is 0 Å². The first-order valence-corrected chi connectivity index (χ1v) is 8.63. The number of rotatable bonds is 9. The number of carbonyl (C=O) groups is 2. The Bertz CT molecular complexity index is 662. The summed E-state index contributed by atoms with van der Waals surface area (Å²) in [5.41, 5.74) is -2.37. The molecule has 0 heterocycles. The fraction of sp³-hybridized carbons (Fsp3) is 0.600. The van der Waals surface area contributed by atoms with E-state index in [1.54, 1.807) is 52.8 Å². The summed E-state index contributed by atoms with van der Waals surface area (Å²) in [6.45, 7) is 12.0. The highest BCUT2D eigenvalue weighted by Crippen LogP contribution is 2.43. The molecular weight excluding hydrogens is 336 g/mol. The first-order chi connectivity index (χ1) is 11.8. The van der Waals surface area contributed by atoms with Gasteiger partial charge in [-0.05, 0) is 32.8 Å². The molecular formula is C20H30O6. The minimum Gasteiger partial charge on any atom is -0.293 e. The summed E-state index contributed by atoms with van der Waals surface area (Å²) in [6, 6.07) is 6.45. The fourth-order valence-electron chi connectivity index (χ4n) is 3.04. The number of ketones is 2. The average Bonchev–Trinajstić information content (AvgIpc) is 2.59. The molecule has 0 spiro atoms. The molecule has 0 radical (unpaired) electrons. The predicted molar refractivity (Wildman–Crippen MR) is 98.2 cm³/mol. The summed E-state index contributed by atoms with van der Waals surface area (Å²) in [5, 5.41) is 18.0. The maximum absolute atomic E-state index is 13.3. The monoisotopic (exact) mass is 366 g/mol. The number of benzene rings is 1. The van der Waals surface area contributed by atoms with Crippen molar-refractivity contribution in [3.63, 3.8) is 0 Å². The van der Waals surface area contributed by atoms with Crippen LogP contribution >= 0.6 is 0 Å². The Morgan fingerprint density at radius 1 is 1.00 bits per heavy atom. The summed E-state index contributed by atoms with van der Waals surface area (Å²) >= 11 is 0. The lowest BCUT2D eigenvalue weighted by atomic mass is 9.63. The van der Waals surface area contributed by atoms with E-state index >= 15 is 0 Å². The van der Waals surface area contributed by atoms with Crippen molar-refractivity contribution in [3.05, 3.63) is 35.4 Å². The van der Waals surface area contributed by atoms with E-state index in [1.165, 1.54) is 6.07 Å². The summed E-state index contributed by atoms with van der Waals surface area (Å²) in [5.74, 6) is -0.599. The van der Waals surface area contributed by atoms with Gasteiger partial charge in [0.25, 0.3) is 0 Å². The molecule has 146 valence electrons. The van der Waals surface area contributed by atoms with Crippen LogP contribution in [0.1, 0.15) is 69.2 Å². The number of Topliss-reactive ketones (excluding diaryl/α,β-unsaturated/α-hetero) is 2. The third-order valence-corrected chi connectivity index (χ3v) is 5.53. The average molecular weight is 366 g/mol. The number of hydrogen-bond acceptors (Lipinski definition) is 6. The van der Waals surface area contributed by atoms with Gasteiger partial charge in [0.05, 0.1) is 17.4 Å². The molecule has 0 saturated carbocycles. The Balaban J connectivity index is 3.37. The zero-order chi connectivity index (χ0) is 20.3. The van der Waals surface area contributed by atoms with Gasteiger partial charge < -0.3 is 0 Å². The third kappa shape index (κ3) is 4.04. The number of hydrogen-bond donors (Lipinski definition) is 2. The van der Waals surface area contributed by atoms with E-state index in [9.17, 15) is 14.8 Å². The second kappa shape index (κ2) is 7.96. The minimum atomic E-state index is -1.12. The molecule has 0 amide bonds. The van der Waals surface area contributed by atoms with E-state index in [0.717, 1.165) is 0 Å². The van der Waals surface area contributed by atoms with Gasteiger partial charge in [-0.1, -0.05) is 45.9 Å². The van der Waals surface area contributed by atoms with Gasteiger partial charge in [0.15, 0.2) is 11.6 Å². The Hall–Kier alpha value is -1.60. The van der Waals surface area contributed by atoms with Crippen LogP contribution < -0.4 is 0 Å². The van der Waals surface area contributed by atoms with Crippen LogP contribution in [0.2, 0.25) is 0 Å². The number of carbonyl (C=O) groups excluding carboxylic acids is 2. The molecule has 0 saturated heterocycles. The molecule has 1 unspecified atom stereocenters. The Morgan fingerprint density at radius 2 is 1.50 bits per heavy atom. The SMILES string of the molecule is CC(C)C(C)(C(=O)c1cccc(C(=O)C(C)(C)COO)c1)C(C)(C)OO. The summed E-state index contributed by atoms with van der Waals surface area (Å²) in [7, 11) is 0. The van der Waals surface area contributed by atoms with Crippen molar-refractivity contribution in [1.29, 1.82) is 0 Å². The van der Waals surface area contributed by atoms with E-state index in [4.69, 9.17) is 5.26 Å². The lowest BCUT2D eigenvalue weighted by molar-refractivity contribution is -0.338. The van der Waals surface area contributed by atoms with Gasteiger partial charge in [0.2, 0.25) is 0 Å². The molecule has 6 heteroatoms. The second-order valence-corrected chi connectivity index (χ2v) is 8.36. The molecule has 1 atom stereocenters. The van der Waals surface area contributed by atoms with E-state index < -0.39 is 16.4 Å². The molecule has 1 aromatic rings. The van der Waals surface area contributed by atoms with Crippen molar-refractivity contribution < 1.29 is 29.9 Å². The van der Waals surface area contributed by atoms with Gasteiger partial charge in [-0.15, -0.1) is 0 Å². The minimum absolute atomic E-state index is 0.129. The highest BCUT2D eigenvalue weighted by molar-refractivity contribution is 6.05. The quantitative estimate of drug-likeness (QED) is 0.380. The topological polar surface area (TPSA) is 93.1 Å². The lowest BCUT2D eigenvalue weighted by Gasteiger charge is -2.43. The molecule has 0 fully saturated rings. The highest BCUT2D eigenvalue weighted by atomic mass is 17.1. The second-order valence-electron chi connectivity index (χ2n) is 8.36. The van der Waals surface area contributed by atoms with Crippen molar-refractivity contribution in [3.8, 4) is 0 Å². The van der Waals surface area contributed by atoms with E-state index in [0.29, 0.717) is 11.1 Å². The maximum atomic E-state index is 13.3. The zero-order valence-corrected chi connectivity index (χ0v) is 16.6. The van der Waals surface area contributed by atoms with Crippen LogP contribution in [0.3, 0.4) is 0 Å². The molecule has 26 heavy (non-hydrogen) atoms. The van der Waals surface area contributed by atoms with Crippen LogP contribution in [0.25, 0.3) is 0 Å². The molecule has 6 nitrogen and oxygen atoms in total. The molecule has 0 aliphatic rings. The fourth-order valence-corrected chi connectivity index (χ4v) is 3.04. The predicted octanol–water partition coefficient (Wildman–Crippen LogP) is 4.50. The smallest absolute Gasteiger partial charge is 0.171 e. The van der Waals surface area contributed by atoms with E-state index in [-0.39, 0.29) is 24.1 Å². The van der Waals surface area contributed by atoms with Crippen molar-refractivity contribution in [2.24, 2.45) is 16.7 Å². The molecule has 1 aromatic carbocycles. The van der Waals surface area contributed by atoms with Crippen LogP contribution in [0, 0.1) is 16.7 Å². The molecule has 0 aliphatic heterocycles. The largest absolute Gasteiger partial charge is 0.293 e. The van der Waals surface area contributed by atoms with Crippen LogP contribution in [0.4, 0.5) is 0 Å². The van der Waals surface area contributed by atoms with Crippen molar-refractivity contribution in [1.82, 2.24) is 0 Å². The Labute approximate surface area is 155 Å². The summed E-state index contributed by atoms with van der Waals surface area (Å²) in [6.07, 6.45) is 0. The third-order valence-electron chi connectivity index (χ3n) is 5.53. The molecule has 0 aromatic heterocycles. The van der Waals surface area contributed by atoms with E-state index in [1.807, 2.05) is 13.8 Å². The molecule has 1 rings (SSSR count). The summed E-state index contributed by atoms with van der Waals surface area (Å²) in [4.78, 5) is 34.8. The lowest BCUT2D eigenvalue weighted by Crippen LogP contribution is -2.52. The maximum Gasteiger partial charge on any atom is 0.171 e. The molecule has 0 bridgehead atoms. The normalized spacial score (nSPS) is 15.0. The van der Waals surface area contributed by atoms with Gasteiger partial charge in [-0.25, -0.2) is 9.78 Å². The standard InChI is InChI=1S/C20H30O6/c1-13(2)20(7,19(5,6)26-24)17(22)15-10-8-9-14(11-15)16(21)18(3,4)12-25-23/h8-11,13,23-24H,12H2,1-7H3. The Morgan fingerprint density at radius 3 is 1.92 bits per heavy atom. The van der Waals surface area contributed by atoms with Gasteiger partial charge in [0, 0.05) is 11.1 Å². The van der Waals surface area contributed by atoms with Crippen LogP contribution in [0.5, 0.6) is 0 Å². The van der Waals surface area contributed by atoms with Crippen molar-refractivity contribution >= 4 is 11.6 Å². The molecule has 2 N–H and O–H groups in total. The van der Waals surface area contributed by atoms with Crippen LogP contribution in [-0.2, 0) is 9.78 Å². The zero-order valence-electron chi connectivity index (χ0n) is 16.6. The van der Waals surface area contributed by atoms with Crippen LogP contribution in [0.15, 0.2) is 24.3 Å². The molecule has 0 aliphatic carbocycles.